The number of amides is 1. The van der Waals surface area contributed by atoms with Crippen molar-refractivity contribution >= 4 is 45.0 Å². The van der Waals surface area contributed by atoms with E-state index in [1.165, 1.54) is 0 Å². The summed E-state index contributed by atoms with van der Waals surface area (Å²) in [6.07, 6.45) is 1.88. The molecule has 0 bridgehead atoms. The fourth-order valence-electron chi connectivity index (χ4n) is 1.42. The van der Waals surface area contributed by atoms with E-state index in [0.29, 0.717) is 16.5 Å². The van der Waals surface area contributed by atoms with E-state index in [1.54, 1.807) is 18.2 Å². The molecule has 1 aliphatic carbocycles. The summed E-state index contributed by atoms with van der Waals surface area (Å²) >= 11 is 15.1. The predicted octanol–water partition coefficient (Wildman–Crippen LogP) is 3.60. The topological polar surface area (TPSA) is 29.1 Å². The number of hydrogen-bond acceptors (Lipinski definition) is 1. The molecule has 1 amide bonds. The van der Waals surface area contributed by atoms with Crippen molar-refractivity contribution in [2.24, 2.45) is 0 Å². The first kappa shape index (κ1) is 12.2. The van der Waals surface area contributed by atoms with Gasteiger partial charge in [0.25, 0.3) is 5.91 Å². The van der Waals surface area contributed by atoms with Gasteiger partial charge < -0.3 is 5.32 Å². The number of carbonyl (C=O) groups is 1. The molecule has 0 atom stereocenters. The zero-order valence-electron chi connectivity index (χ0n) is 8.40. The second-order valence-electron chi connectivity index (χ2n) is 3.99. The lowest BCUT2D eigenvalue weighted by Crippen LogP contribution is -2.38. The second-order valence-corrected chi connectivity index (χ2v) is 5.58. The molecule has 1 aliphatic rings. The minimum absolute atomic E-state index is 0.157. The number of benzene rings is 1. The largest absolute Gasteiger partial charge is 0.345 e. The first-order valence-corrected chi connectivity index (χ1v) is 6.60. The molecule has 5 heteroatoms. The van der Waals surface area contributed by atoms with E-state index in [4.69, 9.17) is 23.2 Å². The lowest BCUT2D eigenvalue weighted by Gasteiger charge is -2.14. The third kappa shape index (κ3) is 2.53. The quantitative estimate of drug-likeness (QED) is 0.846. The van der Waals surface area contributed by atoms with Crippen LogP contribution in [0, 0.1) is 0 Å². The molecule has 1 fully saturated rings. The summed E-state index contributed by atoms with van der Waals surface area (Å²) in [5, 5.41) is 3.36. The Morgan fingerprint density at radius 1 is 1.50 bits per heavy atom. The first-order valence-electron chi connectivity index (χ1n) is 4.90. The van der Waals surface area contributed by atoms with Crippen molar-refractivity contribution in [2.45, 2.75) is 18.4 Å². The summed E-state index contributed by atoms with van der Waals surface area (Å²) in [6, 6.07) is 5.20. The van der Waals surface area contributed by atoms with Crippen LogP contribution >= 0.6 is 39.1 Å². The van der Waals surface area contributed by atoms with Crippen LogP contribution in [0.3, 0.4) is 0 Å². The molecule has 1 saturated carbocycles. The number of hydrogen-bond donors (Lipinski definition) is 1. The minimum atomic E-state index is -0.199. The van der Waals surface area contributed by atoms with Crippen molar-refractivity contribution in [3.05, 3.63) is 33.3 Å². The van der Waals surface area contributed by atoms with Gasteiger partial charge in [0.1, 0.15) is 0 Å². The van der Waals surface area contributed by atoms with Gasteiger partial charge in [-0.1, -0.05) is 27.5 Å². The standard InChI is InChI=1S/C11H10BrCl2NO/c12-7-1-2-8(9(14)5-7)10(16)15-11(6-13)3-4-11/h1-2,5H,3-4,6H2,(H,15,16). The van der Waals surface area contributed by atoms with Gasteiger partial charge in [0.2, 0.25) is 0 Å². The van der Waals surface area contributed by atoms with E-state index in [1.807, 2.05) is 0 Å². The Morgan fingerprint density at radius 3 is 2.69 bits per heavy atom. The van der Waals surface area contributed by atoms with Crippen molar-refractivity contribution in [1.29, 1.82) is 0 Å². The zero-order valence-corrected chi connectivity index (χ0v) is 11.5. The third-order valence-electron chi connectivity index (χ3n) is 2.66. The van der Waals surface area contributed by atoms with Crippen LogP contribution in [-0.4, -0.2) is 17.3 Å². The van der Waals surface area contributed by atoms with Gasteiger partial charge >= 0.3 is 0 Å². The highest BCUT2D eigenvalue weighted by atomic mass is 79.9. The van der Waals surface area contributed by atoms with Gasteiger partial charge in [-0.05, 0) is 31.0 Å². The van der Waals surface area contributed by atoms with Crippen molar-refractivity contribution in [2.75, 3.05) is 5.88 Å². The maximum atomic E-state index is 11.9. The van der Waals surface area contributed by atoms with Crippen LogP contribution < -0.4 is 5.32 Å². The Balaban J connectivity index is 2.15. The predicted molar refractivity (Wildman–Crippen MR) is 69.3 cm³/mol. The maximum absolute atomic E-state index is 11.9. The Kier molecular flexibility index (Phi) is 3.48. The number of carbonyl (C=O) groups excluding carboxylic acids is 1. The van der Waals surface area contributed by atoms with E-state index >= 15 is 0 Å². The van der Waals surface area contributed by atoms with Crippen LogP contribution in [0.15, 0.2) is 22.7 Å². The molecule has 0 heterocycles. The fourth-order valence-corrected chi connectivity index (χ4v) is 2.52. The van der Waals surface area contributed by atoms with Gasteiger partial charge in [-0.15, -0.1) is 11.6 Å². The van der Waals surface area contributed by atoms with Crippen LogP contribution in [0.5, 0.6) is 0 Å². The number of halogens is 3. The number of nitrogens with one attached hydrogen (secondary N) is 1. The van der Waals surface area contributed by atoms with Crippen LogP contribution in [0.25, 0.3) is 0 Å². The lowest BCUT2D eigenvalue weighted by molar-refractivity contribution is 0.0936. The highest BCUT2D eigenvalue weighted by Gasteiger charge is 2.43. The smallest absolute Gasteiger partial charge is 0.253 e. The number of alkyl halides is 1. The molecule has 0 saturated heterocycles. The molecule has 0 aromatic heterocycles. The summed E-state index contributed by atoms with van der Waals surface area (Å²) in [7, 11) is 0. The monoisotopic (exact) mass is 321 g/mol. The molecule has 0 unspecified atom stereocenters. The highest BCUT2D eigenvalue weighted by Crippen LogP contribution is 2.37. The normalized spacial score (nSPS) is 16.9. The molecule has 1 N–H and O–H groups in total. The zero-order chi connectivity index (χ0) is 11.8. The fraction of sp³-hybridized carbons (Fsp3) is 0.364. The molecule has 0 aliphatic heterocycles. The average Bonchev–Trinajstić information content (AvgIpc) is 2.98. The lowest BCUT2D eigenvalue weighted by atomic mass is 10.2. The molecular formula is C11H10BrCl2NO. The van der Waals surface area contributed by atoms with Crippen LogP contribution in [-0.2, 0) is 0 Å². The van der Waals surface area contributed by atoms with Crippen LogP contribution in [0.2, 0.25) is 5.02 Å². The Labute approximate surface area is 112 Å². The van der Waals surface area contributed by atoms with Gasteiger partial charge in [-0.25, -0.2) is 0 Å². The van der Waals surface area contributed by atoms with Gasteiger partial charge in [-0.2, -0.15) is 0 Å². The Bertz CT molecular complexity index is 432. The van der Waals surface area contributed by atoms with E-state index in [2.05, 4.69) is 21.2 Å². The SMILES string of the molecule is O=C(NC1(CCl)CC1)c1ccc(Br)cc1Cl. The molecule has 0 spiro atoms. The third-order valence-corrected chi connectivity index (χ3v) is 3.98. The Hall–Kier alpha value is -0.250. The summed E-state index contributed by atoms with van der Waals surface area (Å²) in [5.41, 5.74) is 0.288. The van der Waals surface area contributed by atoms with Gasteiger partial charge in [-0.3, -0.25) is 4.79 Å². The molecule has 86 valence electrons. The van der Waals surface area contributed by atoms with E-state index in [9.17, 15) is 4.79 Å². The van der Waals surface area contributed by atoms with Gasteiger partial charge in [0.15, 0.2) is 0 Å². The van der Waals surface area contributed by atoms with Gasteiger partial charge in [0, 0.05) is 10.4 Å². The van der Waals surface area contributed by atoms with Gasteiger partial charge in [0.05, 0.1) is 16.1 Å². The second kappa shape index (κ2) is 4.55. The Morgan fingerprint density at radius 2 is 2.19 bits per heavy atom. The number of rotatable bonds is 3. The summed E-state index contributed by atoms with van der Waals surface area (Å²) in [4.78, 5) is 11.9. The first-order chi connectivity index (χ1) is 7.56. The molecule has 2 rings (SSSR count). The molecular weight excluding hydrogens is 313 g/mol. The molecule has 2 nitrogen and oxygen atoms in total. The van der Waals surface area contributed by atoms with E-state index in [0.717, 1.165) is 17.3 Å². The summed E-state index contributed by atoms with van der Waals surface area (Å²) in [5.74, 6) is 0.294. The molecule has 0 radical (unpaired) electrons. The van der Waals surface area contributed by atoms with Crippen LogP contribution in [0.1, 0.15) is 23.2 Å². The van der Waals surface area contributed by atoms with Crippen molar-refractivity contribution in [3.8, 4) is 0 Å². The molecule has 1 aromatic carbocycles. The van der Waals surface area contributed by atoms with Crippen molar-refractivity contribution in [1.82, 2.24) is 5.32 Å². The highest BCUT2D eigenvalue weighted by molar-refractivity contribution is 9.10. The molecule has 16 heavy (non-hydrogen) atoms. The van der Waals surface area contributed by atoms with Crippen molar-refractivity contribution < 1.29 is 4.79 Å². The van der Waals surface area contributed by atoms with Crippen molar-refractivity contribution in [3.63, 3.8) is 0 Å². The average molecular weight is 323 g/mol. The molecule has 1 aromatic rings. The van der Waals surface area contributed by atoms with E-state index in [-0.39, 0.29) is 11.4 Å². The summed E-state index contributed by atoms with van der Waals surface area (Å²) in [6.45, 7) is 0. The van der Waals surface area contributed by atoms with E-state index < -0.39 is 0 Å². The summed E-state index contributed by atoms with van der Waals surface area (Å²) < 4.78 is 0.854. The maximum Gasteiger partial charge on any atom is 0.253 e. The van der Waals surface area contributed by atoms with Crippen LogP contribution in [0.4, 0.5) is 0 Å². The minimum Gasteiger partial charge on any atom is -0.345 e.